The number of aryl methyl sites for hydroxylation is 1. The van der Waals surface area contributed by atoms with E-state index in [4.69, 9.17) is 10.5 Å². The highest BCUT2D eigenvalue weighted by Gasteiger charge is 2.17. The van der Waals surface area contributed by atoms with Gasteiger partial charge < -0.3 is 15.4 Å². The van der Waals surface area contributed by atoms with Crippen molar-refractivity contribution in [3.05, 3.63) is 24.3 Å². The number of anilines is 1. The predicted molar refractivity (Wildman–Crippen MR) is 76.8 cm³/mol. The maximum Gasteiger partial charge on any atom is 0.212 e. The normalized spacial score (nSPS) is 18.8. The van der Waals surface area contributed by atoms with E-state index in [-0.39, 0.29) is 12.6 Å². The van der Waals surface area contributed by atoms with Gasteiger partial charge in [-0.25, -0.2) is 0 Å². The fourth-order valence-electron chi connectivity index (χ4n) is 2.43. The van der Waals surface area contributed by atoms with Crippen molar-refractivity contribution in [2.75, 3.05) is 18.0 Å². The molecule has 1 fully saturated rings. The number of rotatable bonds is 4. The van der Waals surface area contributed by atoms with E-state index in [1.54, 1.807) is 13.2 Å². The Bertz CT molecular complexity index is 600. The molecule has 0 amide bonds. The first-order valence-corrected chi connectivity index (χ1v) is 7.02. The summed E-state index contributed by atoms with van der Waals surface area (Å²) in [4.78, 5) is 7.88. The third-order valence-electron chi connectivity index (χ3n) is 3.44. The van der Waals surface area contributed by atoms with Crippen molar-refractivity contribution < 1.29 is 4.74 Å². The van der Waals surface area contributed by atoms with Gasteiger partial charge in [0.25, 0.3) is 0 Å². The van der Waals surface area contributed by atoms with Gasteiger partial charge in [0, 0.05) is 25.2 Å². The summed E-state index contributed by atoms with van der Waals surface area (Å²) in [5.74, 6) is 1.24. The summed E-state index contributed by atoms with van der Waals surface area (Å²) in [6.07, 6.45) is 5.71. The highest BCUT2D eigenvalue weighted by molar-refractivity contribution is 5.48. The summed E-state index contributed by atoms with van der Waals surface area (Å²) < 4.78 is 5.66. The molecule has 3 rings (SSSR count). The summed E-state index contributed by atoms with van der Waals surface area (Å²) in [7, 11) is 1.72. The molecule has 1 unspecified atom stereocenters. The monoisotopic (exact) mass is 289 g/mol. The highest BCUT2D eigenvalue weighted by Crippen LogP contribution is 2.23. The first-order chi connectivity index (χ1) is 10.2. The van der Waals surface area contributed by atoms with E-state index in [9.17, 15) is 0 Å². The molecule has 0 aromatic carbocycles. The molecular weight excluding hydrogens is 270 g/mol. The van der Waals surface area contributed by atoms with Crippen LogP contribution in [0.2, 0.25) is 0 Å². The number of hydrogen-bond donors (Lipinski definition) is 1. The maximum absolute atomic E-state index is 6.02. The Morgan fingerprint density at radius 1 is 1.43 bits per heavy atom. The second-order valence-electron chi connectivity index (χ2n) is 5.21. The van der Waals surface area contributed by atoms with Crippen LogP contribution in [-0.4, -0.2) is 44.3 Å². The molecule has 2 aromatic rings. The standard InChI is InChI=1S/C13H19N7O/c1-19-17-13(16-18-19)9-21-12-5-11(6-15-7-12)20-4-2-3-10(14)8-20/h5-7,10H,2-4,8-9,14H2,1H3. The Balaban J connectivity index is 1.65. The second kappa shape index (κ2) is 6.04. The smallest absolute Gasteiger partial charge is 0.212 e. The van der Waals surface area contributed by atoms with Crippen LogP contribution in [0.1, 0.15) is 18.7 Å². The second-order valence-corrected chi connectivity index (χ2v) is 5.21. The number of piperidine rings is 1. The molecule has 2 aromatic heterocycles. The molecule has 0 spiro atoms. The lowest BCUT2D eigenvalue weighted by molar-refractivity contribution is 0.294. The Morgan fingerprint density at radius 2 is 2.33 bits per heavy atom. The number of nitrogens with zero attached hydrogens (tertiary/aromatic N) is 6. The van der Waals surface area contributed by atoms with Crippen LogP contribution in [-0.2, 0) is 13.7 Å². The zero-order valence-corrected chi connectivity index (χ0v) is 12.0. The molecule has 1 atom stereocenters. The average Bonchev–Trinajstić information content (AvgIpc) is 2.91. The minimum absolute atomic E-state index is 0.229. The van der Waals surface area contributed by atoms with E-state index in [0.29, 0.717) is 11.6 Å². The Kier molecular flexibility index (Phi) is 3.96. The van der Waals surface area contributed by atoms with Crippen LogP contribution in [0.5, 0.6) is 5.75 Å². The van der Waals surface area contributed by atoms with Crippen molar-refractivity contribution in [2.45, 2.75) is 25.5 Å². The molecule has 112 valence electrons. The van der Waals surface area contributed by atoms with Gasteiger partial charge in [-0.2, -0.15) is 4.80 Å². The summed E-state index contributed by atoms with van der Waals surface area (Å²) in [6.45, 7) is 2.14. The van der Waals surface area contributed by atoms with Gasteiger partial charge in [-0.05, 0) is 18.1 Å². The van der Waals surface area contributed by atoms with E-state index < -0.39 is 0 Å². The average molecular weight is 289 g/mol. The zero-order valence-electron chi connectivity index (χ0n) is 12.0. The minimum Gasteiger partial charge on any atom is -0.484 e. The van der Waals surface area contributed by atoms with Gasteiger partial charge in [-0.15, -0.1) is 10.2 Å². The van der Waals surface area contributed by atoms with E-state index in [1.807, 2.05) is 12.3 Å². The lowest BCUT2D eigenvalue weighted by atomic mass is 10.1. The Morgan fingerprint density at radius 3 is 3.10 bits per heavy atom. The first-order valence-electron chi connectivity index (χ1n) is 7.02. The van der Waals surface area contributed by atoms with Gasteiger partial charge in [-0.3, -0.25) is 4.98 Å². The fourth-order valence-corrected chi connectivity index (χ4v) is 2.43. The zero-order chi connectivity index (χ0) is 14.7. The van der Waals surface area contributed by atoms with Crippen molar-refractivity contribution in [2.24, 2.45) is 12.8 Å². The van der Waals surface area contributed by atoms with Gasteiger partial charge in [0.05, 0.1) is 25.1 Å². The number of aromatic nitrogens is 5. The van der Waals surface area contributed by atoms with Crippen molar-refractivity contribution in [1.29, 1.82) is 0 Å². The van der Waals surface area contributed by atoms with Crippen LogP contribution in [0.25, 0.3) is 0 Å². The molecule has 1 aliphatic heterocycles. The van der Waals surface area contributed by atoms with E-state index in [1.165, 1.54) is 4.80 Å². The van der Waals surface area contributed by atoms with Gasteiger partial charge in [-0.1, -0.05) is 0 Å². The molecule has 0 radical (unpaired) electrons. The molecule has 8 nitrogen and oxygen atoms in total. The SMILES string of the molecule is Cn1nnc(COc2cncc(N3CCCC(N)C3)c2)n1. The fraction of sp³-hybridized carbons (Fsp3) is 0.538. The molecule has 21 heavy (non-hydrogen) atoms. The van der Waals surface area contributed by atoms with E-state index in [0.717, 1.165) is 31.6 Å². The molecule has 3 heterocycles. The van der Waals surface area contributed by atoms with Crippen LogP contribution in [0.4, 0.5) is 5.69 Å². The van der Waals surface area contributed by atoms with Crippen LogP contribution >= 0.6 is 0 Å². The molecule has 1 aliphatic rings. The van der Waals surface area contributed by atoms with Crippen molar-refractivity contribution in [3.63, 3.8) is 0 Å². The molecule has 2 N–H and O–H groups in total. The van der Waals surface area contributed by atoms with Crippen LogP contribution in [0, 0.1) is 0 Å². The van der Waals surface area contributed by atoms with Crippen molar-refractivity contribution >= 4 is 5.69 Å². The third-order valence-corrected chi connectivity index (χ3v) is 3.44. The summed E-state index contributed by atoms with van der Waals surface area (Å²) in [5, 5.41) is 11.7. The van der Waals surface area contributed by atoms with Gasteiger partial charge >= 0.3 is 0 Å². The van der Waals surface area contributed by atoms with Crippen molar-refractivity contribution in [1.82, 2.24) is 25.2 Å². The number of ether oxygens (including phenoxy) is 1. The quantitative estimate of drug-likeness (QED) is 0.853. The van der Waals surface area contributed by atoms with Gasteiger partial charge in [0.1, 0.15) is 5.75 Å². The summed E-state index contributed by atoms with van der Waals surface area (Å²) in [5.41, 5.74) is 7.06. The lowest BCUT2D eigenvalue weighted by Gasteiger charge is -2.32. The molecule has 0 aliphatic carbocycles. The number of pyridine rings is 1. The largest absolute Gasteiger partial charge is 0.484 e. The first kappa shape index (κ1) is 13.7. The van der Waals surface area contributed by atoms with Crippen molar-refractivity contribution in [3.8, 4) is 5.75 Å². The Hall–Kier alpha value is -2.22. The molecule has 0 saturated carbocycles. The Labute approximate surface area is 122 Å². The predicted octanol–water partition coefficient (Wildman–Crippen LogP) is 0.112. The molecular formula is C13H19N7O. The summed E-state index contributed by atoms with van der Waals surface area (Å²) >= 11 is 0. The van der Waals surface area contributed by atoms with Gasteiger partial charge in [0.15, 0.2) is 6.61 Å². The highest BCUT2D eigenvalue weighted by atomic mass is 16.5. The third kappa shape index (κ3) is 3.46. The molecule has 1 saturated heterocycles. The number of tetrazole rings is 1. The number of nitrogens with two attached hydrogens (primary N) is 1. The van der Waals surface area contributed by atoms with Crippen LogP contribution in [0.15, 0.2) is 18.5 Å². The lowest BCUT2D eigenvalue weighted by Crippen LogP contribution is -2.42. The van der Waals surface area contributed by atoms with Crippen LogP contribution in [0.3, 0.4) is 0 Å². The topological polar surface area (TPSA) is 95.0 Å². The molecule has 0 bridgehead atoms. The summed E-state index contributed by atoms with van der Waals surface area (Å²) in [6, 6.07) is 2.20. The van der Waals surface area contributed by atoms with Gasteiger partial charge in [0.2, 0.25) is 5.82 Å². The van der Waals surface area contributed by atoms with E-state index in [2.05, 4.69) is 25.3 Å². The van der Waals surface area contributed by atoms with E-state index >= 15 is 0 Å². The number of hydrogen-bond acceptors (Lipinski definition) is 7. The molecule has 8 heteroatoms. The maximum atomic E-state index is 6.02. The minimum atomic E-state index is 0.229. The van der Waals surface area contributed by atoms with Crippen LogP contribution < -0.4 is 15.4 Å².